The van der Waals surface area contributed by atoms with Gasteiger partial charge in [0.2, 0.25) is 0 Å². The molecule has 2 aromatic carbocycles. The largest absolute Gasteiger partial charge is 0.454 e. The number of nitrogens with one attached hydrogen (secondary N) is 1. The molecule has 2 N–H and O–H groups in total. The van der Waals surface area contributed by atoms with Crippen LogP contribution in [0, 0.1) is 0 Å². The van der Waals surface area contributed by atoms with Gasteiger partial charge < -0.3 is 13.9 Å². The average Bonchev–Trinajstić information content (AvgIpc) is 3.34. The molecule has 4 aromatic rings. The number of amides is 2. The Morgan fingerprint density at radius 1 is 0.944 bits per heavy atom. The monoisotopic (exact) mass is 485 g/mol. The first kappa shape index (κ1) is 23.9. The summed E-state index contributed by atoms with van der Waals surface area (Å²) in [6, 6.07) is 17.6. The lowest BCUT2D eigenvalue weighted by atomic mass is 9.86. The number of aromatic nitrogens is 1. The molecule has 0 saturated heterocycles. The van der Waals surface area contributed by atoms with Crippen molar-refractivity contribution in [1.29, 1.82) is 0 Å². The number of carbonyl (C=O) groups is 2. The number of aryl methyl sites for hydroxylation is 1. The fourth-order valence-electron chi connectivity index (χ4n) is 4.89. The van der Waals surface area contributed by atoms with Crippen LogP contribution in [0.2, 0.25) is 0 Å². The van der Waals surface area contributed by atoms with Crippen LogP contribution in [0.4, 0.5) is 0 Å². The van der Waals surface area contributed by atoms with Gasteiger partial charge in [-0.2, -0.15) is 0 Å². The van der Waals surface area contributed by atoms with Gasteiger partial charge in [-0.1, -0.05) is 51.1 Å². The van der Waals surface area contributed by atoms with Crippen LogP contribution in [0.3, 0.4) is 0 Å². The van der Waals surface area contributed by atoms with E-state index in [1.54, 1.807) is 17.6 Å². The van der Waals surface area contributed by atoms with E-state index in [-0.39, 0.29) is 11.3 Å². The van der Waals surface area contributed by atoms with Gasteiger partial charge in [0.25, 0.3) is 11.8 Å². The Morgan fingerprint density at radius 3 is 2.28 bits per heavy atom. The molecule has 1 aliphatic heterocycles. The first-order chi connectivity index (χ1) is 17.2. The maximum Gasteiger partial charge on any atom is 0.274 e. The molecule has 7 heteroatoms. The number of hydrogen-bond acceptors (Lipinski definition) is 4. The van der Waals surface area contributed by atoms with Crippen molar-refractivity contribution in [1.82, 2.24) is 14.9 Å². The maximum absolute atomic E-state index is 13.5. The topological polar surface area (TPSA) is 87.7 Å². The molecule has 0 bridgehead atoms. The number of hydroxylamine groups is 1. The summed E-state index contributed by atoms with van der Waals surface area (Å²) in [6.07, 6.45) is 1.35. The number of furan rings is 1. The standard InChI is InChI=1S/C29H31N3O4/c1-29(2,3)22-9-7-19(8-10-22)25-16-23-26(36-25)17-24(31(23)4)28(34)32-13-11-18-5-6-21(27(33)30-35)15-20(18)12-14-32/h5-10,15-17,35H,11-14H2,1-4H3,(H,30,33). The number of hydrogen-bond donors (Lipinski definition) is 2. The van der Waals surface area contributed by atoms with E-state index < -0.39 is 5.91 Å². The molecule has 2 aromatic heterocycles. The minimum atomic E-state index is -0.536. The molecule has 36 heavy (non-hydrogen) atoms. The molecule has 0 spiro atoms. The second kappa shape index (κ2) is 8.99. The van der Waals surface area contributed by atoms with E-state index in [1.165, 1.54) is 5.56 Å². The van der Waals surface area contributed by atoms with E-state index >= 15 is 0 Å². The normalized spacial score (nSPS) is 14.0. The summed E-state index contributed by atoms with van der Waals surface area (Å²) < 4.78 is 8.05. The lowest BCUT2D eigenvalue weighted by Crippen LogP contribution is -2.34. The van der Waals surface area contributed by atoms with E-state index in [0.717, 1.165) is 28.0 Å². The summed E-state index contributed by atoms with van der Waals surface area (Å²) in [5, 5.41) is 8.92. The van der Waals surface area contributed by atoms with Gasteiger partial charge in [0, 0.05) is 43.4 Å². The zero-order valence-corrected chi connectivity index (χ0v) is 21.1. The predicted molar refractivity (Wildman–Crippen MR) is 138 cm³/mol. The molecule has 0 aliphatic carbocycles. The van der Waals surface area contributed by atoms with Gasteiger partial charge in [-0.25, -0.2) is 5.48 Å². The SMILES string of the molecule is Cn1c(C(=O)N2CCc3ccc(C(=O)NO)cc3CC2)cc2oc(-c3ccc(C(C)(C)C)cc3)cc21. The zero-order chi connectivity index (χ0) is 25.6. The molecular weight excluding hydrogens is 454 g/mol. The first-order valence-electron chi connectivity index (χ1n) is 12.2. The molecule has 0 radical (unpaired) electrons. The second-order valence-corrected chi connectivity index (χ2v) is 10.5. The molecule has 0 atom stereocenters. The quantitative estimate of drug-likeness (QED) is 0.312. The van der Waals surface area contributed by atoms with Crippen LogP contribution >= 0.6 is 0 Å². The van der Waals surface area contributed by atoms with Crippen LogP contribution in [0.15, 0.2) is 59.0 Å². The molecule has 2 amide bonds. The van der Waals surface area contributed by atoms with Crippen LogP contribution in [0.25, 0.3) is 22.4 Å². The van der Waals surface area contributed by atoms with Crippen LogP contribution in [-0.4, -0.2) is 39.6 Å². The van der Waals surface area contributed by atoms with Gasteiger partial charge in [-0.05, 0) is 47.1 Å². The highest BCUT2D eigenvalue weighted by Gasteiger charge is 2.25. The van der Waals surface area contributed by atoms with E-state index in [1.807, 2.05) is 34.7 Å². The molecule has 0 unspecified atom stereocenters. The lowest BCUT2D eigenvalue weighted by molar-refractivity contribution is 0.0705. The third kappa shape index (κ3) is 4.31. The van der Waals surface area contributed by atoms with Gasteiger partial charge in [-0.15, -0.1) is 0 Å². The smallest absolute Gasteiger partial charge is 0.274 e. The summed E-state index contributed by atoms with van der Waals surface area (Å²) in [4.78, 5) is 27.1. The molecule has 0 fully saturated rings. The third-order valence-corrected chi connectivity index (χ3v) is 7.14. The number of nitrogens with zero attached hydrogens (tertiary/aromatic N) is 2. The molecule has 0 saturated carbocycles. The van der Waals surface area contributed by atoms with E-state index in [2.05, 4.69) is 45.0 Å². The van der Waals surface area contributed by atoms with Gasteiger partial charge >= 0.3 is 0 Å². The van der Waals surface area contributed by atoms with Crippen LogP contribution in [-0.2, 0) is 25.3 Å². The Hall–Kier alpha value is -3.84. The van der Waals surface area contributed by atoms with Gasteiger partial charge in [0.05, 0.1) is 5.52 Å². The minimum Gasteiger partial charge on any atom is -0.454 e. The number of fused-ring (bicyclic) bond motifs is 2. The fraction of sp³-hybridized carbons (Fsp3) is 0.310. The van der Waals surface area contributed by atoms with E-state index in [4.69, 9.17) is 9.62 Å². The summed E-state index contributed by atoms with van der Waals surface area (Å²) >= 11 is 0. The highest BCUT2D eigenvalue weighted by Crippen LogP contribution is 2.32. The second-order valence-electron chi connectivity index (χ2n) is 10.5. The Balaban J connectivity index is 1.35. The van der Waals surface area contributed by atoms with Crippen molar-refractivity contribution in [2.75, 3.05) is 13.1 Å². The van der Waals surface area contributed by atoms with Crippen molar-refractivity contribution in [3.8, 4) is 11.3 Å². The van der Waals surface area contributed by atoms with Crippen molar-refractivity contribution in [2.45, 2.75) is 39.0 Å². The summed E-state index contributed by atoms with van der Waals surface area (Å²) in [5.41, 5.74) is 8.74. The van der Waals surface area contributed by atoms with Gasteiger partial charge in [-0.3, -0.25) is 14.8 Å². The zero-order valence-electron chi connectivity index (χ0n) is 21.1. The summed E-state index contributed by atoms with van der Waals surface area (Å²) in [5.74, 6) is 0.204. The molecular formula is C29H31N3O4. The van der Waals surface area contributed by atoms with Crippen molar-refractivity contribution in [3.05, 3.63) is 82.5 Å². The fourth-order valence-corrected chi connectivity index (χ4v) is 4.89. The Kier molecular flexibility index (Phi) is 5.96. The van der Waals surface area contributed by atoms with Crippen LogP contribution in [0.5, 0.6) is 0 Å². The molecule has 186 valence electrons. The summed E-state index contributed by atoms with van der Waals surface area (Å²) in [7, 11) is 1.89. The van der Waals surface area contributed by atoms with Crippen molar-refractivity contribution >= 4 is 22.9 Å². The molecule has 1 aliphatic rings. The van der Waals surface area contributed by atoms with Crippen molar-refractivity contribution in [3.63, 3.8) is 0 Å². The van der Waals surface area contributed by atoms with Crippen molar-refractivity contribution in [2.24, 2.45) is 7.05 Å². The Bertz CT molecular complexity index is 1450. The molecule has 5 rings (SSSR count). The number of rotatable bonds is 3. The Morgan fingerprint density at radius 2 is 1.64 bits per heavy atom. The highest BCUT2D eigenvalue weighted by atomic mass is 16.5. The number of carbonyl (C=O) groups excluding carboxylic acids is 2. The third-order valence-electron chi connectivity index (χ3n) is 7.14. The lowest BCUT2D eigenvalue weighted by Gasteiger charge is -2.20. The number of benzene rings is 2. The first-order valence-corrected chi connectivity index (χ1v) is 12.2. The maximum atomic E-state index is 13.5. The molecule has 7 nitrogen and oxygen atoms in total. The minimum absolute atomic E-state index is 0.0406. The van der Waals surface area contributed by atoms with E-state index in [9.17, 15) is 9.59 Å². The summed E-state index contributed by atoms with van der Waals surface area (Å²) in [6.45, 7) is 7.72. The predicted octanol–water partition coefficient (Wildman–Crippen LogP) is 5.10. The highest BCUT2D eigenvalue weighted by molar-refractivity contribution is 5.98. The van der Waals surface area contributed by atoms with Crippen molar-refractivity contribution < 1.29 is 19.2 Å². The molecule has 3 heterocycles. The average molecular weight is 486 g/mol. The van der Waals surface area contributed by atoms with E-state index in [0.29, 0.717) is 42.8 Å². The van der Waals surface area contributed by atoms with Crippen LogP contribution < -0.4 is 5.48 Å². The van der Waals surface area contributed by atoms with Gasteiger partial charge in [0.1, 0.15) is 11.5 Å². The van der Waals surface area contributed by atoms with Crippen LogP contribution in [0.1, 0.15) is 58.3 Å². The Labute approximate surface area is 210 Å². The van der Waals surface area contributed by atoms with Gasteiger partial charge in [0.15, 0.2) is 5.58 Å².